The lowest BCUT2D eigenvalue weighted by molar-refractivity contribution is -0.153. The van der Waals surface area contributed by atoms with E-state index in [-0.39, 0.29) is 13.6 Å². The summed E-state index contributed by atoms with van der Waals surface area (Å²) in [6.45, 7) is 1.62. The molecule has 0 aromatic carbocycles. The van der Waals surface area contributed by atoms with Crippen LogP contribution in [0.3, 0.4) is 0 Å². The van der Waals surface area contributed by atoms with E-state index in [0.717, 1.165) is 0 Å². The number of aliphatic hydroxyl groups is 3. The molecule has 0 aromatic heterocycles. The topological polar surface area (TPSA) is 104 Å². The van der Waals surface area contributed by atoms with Gasteiger partial charge in [-0.2, -0.15) is 0 Å². The van der Waals surface area contributed by atoms with Gasteiger partial charge in [-0.1, -0.05) is 11.8 Å². The first-order valence-corrected chi connectivity index (χ1v) is 5.66. The summed E-state index contributed by atoms with van der Waals surface area (Å²) < 4.78 is 4.52. The van der Waals surface area contributed by atoms with Crippen LogP contribution in [-0.2, 0) is 14.3 Å². The fourth-order valence-electron chi connectivity index (χ4n) is 1.43. The molecular formula is C14H22O6. The molecule has 0 radical (unpaired) electrons. The van der Waals surface area contributed by atoms with Crippen LogP contribution in [0.1, 0.15) is 20.5 Å². The van der Waals surface area contributed by atoms with E-state index in [4.69, 9.17) is 5.11 Å². The average Bonchev–Trinajstić information content (AvgIpc) is 2.69. The van der Waals surface area contributed by atoms with Crippen LogP contribution in [0.5, 0.6) is 0 Å². The van der Waals surface area contributed by atoms with Crippen molar-refractivity contribution in [1.82, 2.24) is 0 Å². The highest BCUT2D eigenvalue weighted by Crippen LogP contribution is 2.19. The first-order chi connectivity index (χ1) is 9.49. The van der Waals surface area contributed by atoms with Crippen LogP contribution in [0.25, 0.3) is 0 Å². The maximum Gasteiger partial charge on any atom is 0.338 e. The van der Waals surface area contributed by atoms with E-state index < -0.39 is 36.2 Å². The Morgan fingerprint density at radius 1 is 1.35 bits per heavy atom. The molecule has 0 saturated carbocycles. The molecule has 1 saturated heterocycles. The average molecular weight is 286 g/mol. The molecule has 0 amide bonds. The van der Waals surface area contributed by atoms with Crippen molar-refractivity contribution in [3.8, 4) is 35.5 Å². The molecule has 0 aliphatic carbocycles. The third-order valence-electron chi connectivity index (χ3n) is 2.46. The molecule has 0 bridgehead atoms. The first kappa shape index (κ1) is 15.8. The smallest absolute Gasteiger partial charge is 0.338 e. The van der Waals surface area contributed by atoms with E-state index in [2.05, 4.69) is 40.3 Å². The Hall–Kier alpha value is -2.30. The second kappa shape index (κ2) is 7.33. The normalized spacial score (nSPS) is 25.0. The van der Waals surface area contributed by atoms with Crippen LogP contribution in [0.2, 0.25) is 0 Å². The summed E-state index contributed by atoms with van der Waals surface area (Å²) >= 11 is 0. The van der Waals surface area contributed by atoms with Gasteiger partial charge < -0.3 is 20.1 Å². The van der Waals surface area contributed by atoms with Gasteiger partial charge in [0.05, 0.1) is 6.42 Å². The first-order valence-electron chi connectivity index (χ1n) is 5.66. The van der Waals surface area contributed by atoms with Crippen LogP contribution in [-0.4, -0.2) is 51.5 Å². The summed E-state index contributed by atoms with van der Waals surface area (Å²) in [5.41, 5.74) is 0. The minimum absolute atomic E-state index is 0. The number of hydrogen-bond donors (Lipinski definition) is 3. The zero-order valence-electron chi connectivity index (χ0n) is 10.6. The zero-order valence-corrected chi connectivity index (χ0v) is 10.6. The van der Waals surface area contributed by atoms with E-state index in [9.17, 15) is 19.8 Å². The minimum Gasteiger partial charge on any atom is -0.454 e. The van der Waals surface area contributed by atoms with Crippen molar-refractivity contribution in [3.63, 3.8) is 0 Å². The van der Waals surface area contributed by atoms with Crippen molar-refractivity contribution in [2.24, 2.45) is 0 Å². The second-order valence-corrected chi connectivity index (χ2v) is 3.85. The molecule has 4 atom stereocenters. The molecule has 1 aliphatic rings. The highest BCUT2D eigenvalue weighted by molar-refractivity contribution is 5.87. The summed E-state index contributed by atoms with van der Waals surface area (Å²) in [5, 5.41) is 28.2. The van der Waals surface area contributed by atoms with Crippen LogP contribution in [0.4, 0.5) is 0 Å². The molecule has 6 nitrogen and oxygen atoms in total. The predicted octanol–water partition coefficient (Wildman–Crippen LogP) is -0.786. The lowest BCUT2D eigenvalue weighted by Crippen LogP contribution is -2.42. The number of rotatable bonds is 3. The van der Waals surface area contributed by atoms with Gasteiger partial charge >= 0.3 is 5.97 Å². The summed E-state index contributed by atoms with van der Waals surface area (Å²) in [6.07, 6.45) is -6.96. The second-order valence-electron chi connectivity index (χ2n) is 3.85. The maximum atomic E-state index is 11.6. The summed E-state index contributed by atoms with van der Waals surface area (Å²) in [6, 6.07) is 0. The number of hydrogen-bond acceptors (Lipinski definition) is 6. The molecular weight excluding hydrogens is 264 g/mol. The zero-order chi connectivity index (χ0) is 15.1. The molecule has 1 rings (SSSR count). The summed E-state index contributed by atoms with van der Waals surface area (Å²) in [5.74, 6) is 12.7. The Kier molecular flexibility index (Phi) is 5.77. The Balaban J connectivity index is -0.000000267. The number of ketones is 1. The molecule has 1 fully saturated rings. The quantitative estimate of drug-likeness (QED) is 0.464. The largest absolute Gasteiger partial charge is 0.454 e. The third kappa shape index (κ3) is 3.85. The van der Waals surface area contributed by atoms with Crippen molar-refractivity contribution in [1.29, 1.82) is 0 Å². The van der Waals surface area contributed by atoms with E-state index in [1.54, 1.807) is 6.92 Å². The van der Waals surface area contributed by atoms with Crippen molar-refractivity contribution in [2.75, 3.05) is 0 Å². The van der Waals surface area contributed by atoms with Gasteiger partial charge in [-0.05, 0) is 30.6 Å². The van der Waals surface area contributed by atoms with Gasteiger partial charge in [-0.25, -0.2) is 4.79 Å². The molecule has 1 heterocycles. The SMILES string of the molecule is CC#CC#CC#CCC(=O)[C@H](O)[C@H]1OC(=O)[C@@H](O)[C@H]1O.[HH].[HH].[HH].[HH].[HH]. The van der Waals surface area contributed by atoms with Gasteiger partial charge in [0.15, 0.2) is 24.1 Å². The molecule has 114 valence electrons. The standard InChI is InChI=1S/C14H12O6.5H2/c1-2-3-4-5-6-7-8-9(15)10(16)13-11(17)12(18)14(19)20-13;;;;;/h10-13,16-18H,8H2,1H3;5*1H/t10-,11+,12-,13+;;;;;/m0...../s1. The van der Waals surface area contributed by atoms with Crippen molar-refractivity contribution in [3.05, 3.63) is 0 Å². The fourth-order valence-corrected chi connectivity index (χ4v) is 1.43. The maximum absolute atomic E-state index is 11.6. The molecule has 6 heteroatoms. The Bertz CT molecular complexity index is 592. The summed E-state index contributed by atoms with van der Waals surface area (Å²) in [7, 11) is 0. The number of carbonyl (C=O) groups excluding carboxylic acids is 2. The number of esters is 1. The van der Waals surface area contributed by atoms with Gasteiger partial charge in [0.25, 0.3) is 0 Å². The van der Waals surface area contributed by atoms with Crippen LogP contribution in [0, 0.1) is 35.5 Å². The van der Waals surface area contributed by atoms with E-state index in [1.807, 2.05) is 0 Å². The van der Waals surface area contributed by atoms with Gasteiger partial charge in [-0.3, -0.25) is 4.79 Å². The lowest BCUT2D eigenvalue weighted by Gasteiger charge is -2.17. The van der Waals surface area contributed by atoms with Crippen molar-refractivity contribution >= 4 is 11.8 Å². The van der Waals surface area contributed by atoms with Gasteiger partial charge in [-0.15, -0.1) is 0 Å². The highest BCUT2D eigenvalue weighted by atomic mass is 16.6. The minimum atomic E-state index is -1.76. The number of Topliss-reactive ketones (excluding diaryl/α,β-unsaturated/α-hetero) is 1. The number of aliphatic hydroxyl groups excluding tert-OH is 3. The Morgan fingerprint density at radius 2 is 2.00 bits per heavy atom. The van der Waals surface area contributed by atoms with Crippen molar-refractivity contribution in [2.45, 2.75) is 37.8 Å². The van der Waals surface area contributed by atoms with E-state index in [0.29, 0.717) is 0 Å². The number of ether oxygens (including phenoxy) is 1. The Morgan fingerprint density at radius 3 is 2.55 bits per heavy atom. The molecule has 0 unspecified atom stereocenters. The van der Waals surface area contributed by atoms with Gasteiger partial charge in [0.1, 0.15) is 6.10 Å². The van der Waals surface area contributed by atoms with Crippen molar-refractivity contribution < 1.29 is 36.8 Å². The van der Waals surface area contributed by atoms with Crippen LogP contribution >= 0.6 is 0 Å². The molecule has 0 spiro atoms. The summed E-state index contributed by atoms with van der Waals surface area (Å²) in [4.78, 5) is 22.5. The predicted molar refractivity (Wildman–Crippen MR) is 77.1 cm³/mol. The molecule has 0 aromatic rings. The number of cyclic esters (lactones) is 1. The molecule has 3 N–H and O–H groups in total. The van der Waals surface area contributed by atoms with Crippen LogP contribution < -0.4 is 0 Å². The van der Waals surface area contributed by atoms with E-state index >= 15 is 0 Å². The Labute approximate surface area is 123 Å². The van der Waals surface area contributed by atoms with E-state index in [1.165, 1.54) is 0 Å². The molecule has 20 heavy (non-hydrogen) atoms. The lowest BCUT2D eigenvalue weighted by atomic mass is 10.0. The van der Waals surface area contributed by atoms with Gasteiger partial charge in [0, 0.05) is 7.13 Å². The van der Waals surface area contributed by atoms with Gasteiger partial charge in [0.2, 0.25) is 0 Å². The third-order valence-corrected chi connectivity index (χ3v) is 2.46. The fraction of sp³-hybridized carbons (Fsp3) is 0.429. The monoisotopic (exact) mass is 286 g/mol. The molecule has 1 aliphatic heterocycles. The van der Waals surface area contributed by atoms with Crippen LogP contribution in [0.15, 0.2) is 0 Å². The number of carbonyl (C=O) groups is 2. The highest BCUT2D eigenvalue weighted by Gasteiger charge is 2.47.